The van der Waals surface area contributed by atoms with E-state index in [0.29, 0.717) is 0 Å². The third kappa shape index (κ3) is 2.92. The van der Waals surface area contributed by atoms with E-state index in [4.69, 9.17) is 0 Å². The van der Waals surface area contributed by atoms with Crippen LogP contribution in [-0.2, 0) is 0 Å². The Morgan fingerprint density at radius 2 is 1.89 bits per heavy atom. The van der Waals surface area contributed by atoms with Crippen molar-refractivity contribution in [2.45, 2.75) is 13.0 Å². The van der Waals surface area contributed by atoms with Crippen molar-refractivity contribution in [1.82, 2.24) is 4.98 Å². The zero-order valence-electron chi connectivity index (χ0n) is 9.76. The summed E-state index contributed by atoms with van der Waals surface area (Å²) in [6, 6.07) is 8.19. The number of nitrogens with zero attached hydrogens (tertiary/aromatic N) is 1. The number of benzene rings is 1. The zero-order valence-corrected chi connectivity index (χ0v) is 11.3. The van der Waals surface area contributed by atoms with Gasteiger partial charge >= 0.3 is 0 Å². The summed E-state index contributed by atoms with van der Waals surface area (Å²) in [6.07, 6.45) is 1.69. The lowest BCUT2D eigenvalue weighted by Gasteiger charge is -2.16. The van der Waals surface area contributed by atoms with E-state index in [-0.39, 0.29) is 17.5 Å². The second-order valence-corrected chi connectivity index (χ2v) is 4.74. The normalized spacial score (nSPS) is 12.1. The molecule has 2 rings (SSSR count). The molecule has 94 valence electrons. The van der Waals surface area contributed by atoms with E-state index in [2.05, 4.69) is 26.2 Å². The number of anilines is 1. The predicted octanol–water partition coefficient (Wildman–Crippen LogP) is 3.43. The monoisotopic (exact) mass is 308 g/mol. The minimum atomic E-state index is -0.0662. The van der Waals surface area contributed by atoms with Gasteiger partial charge in [-0.05, 0) is 52.7 Å². The van der Waals surface area contributed by atoms with E-state index in [9.17, 15) is 10.2 Å². The van der Waals surface area contributed by atoms with E-state index in [1.165, 1.54) is 6.07 Å². The number of nitrogens with one attached hydrogen (secondary N) is 1. The van der Waals surface area contributed by atoms with Crippen molar-refractivity contribution in [1.29, 1.82) is 0 Å². The van der Waals surface area contributed by atoms with Crippen molar-refractivity contribution < 1.29 is 10.2 Å². The molecule has 1 atom stereocenters. The van der Waals surface area contributed by atoms with Gasteiger partial charge in [-0.25, -0.2) is 4.98 Å². The third-order valence-corrected chi connectivity index (χ3v) is 3.19. The van der Waals surface area contributed by atoms with Crippen LogP contribution in [0.15, 0.2) is 41.1 Å². The van der Waals surface area contributed by atoms with Gasteiger partial charge in [-0.1, -0.05) is 0 Å². The summed E-state index contributed by atoms with van der Waals surface area (Å²) in [5.74, 6) is 0.0906. The number of phenols is 2. The van der Waals surface area contributed by atoms with Crippen molar-refractivity contribution >= 4 is 21.6 Å². The number of aromatic hydroxyl groups is 2. The second kappa shape index (κ2) is 5.27. The standard InChI is InChI=1S/C13H13BrN2O2/c1-8(9-5-10(17)7-11(18)6-9)16-12-3-2-4-15-13(12)14/h2-8,16-18H,1H3. The van der Waals surface area contributed by atoms with Gasteiger partial charge in [-0.15, -0.1) is 0 Å². The summed E-state index contributed by atoms with van der Waals surface area (Å²) in [7, 11) is 0. The lowest BCUT2D eigenvalue weighted by atomic mass is 10.1. The van der Waals surface area contributed by atoms with Gasteiger partial charge in [0.2, 0.25) is 0 Å². The quantitative estimate of drug-likeness (QED) is 0.760. The van der Waals surface area contributed by atoms with Gasteiger partial charge in [0.25, 0.3) is 0 Å². The molecule has 1 aromatic carbocycles. The summed E-state index contributed by atoms with van der Waals surface area (Å²) in [4.78, 5) is 4.12. The topological polar surface area (TPSA) is 65.4 Å². The first kappa shape index (κ1) is 12.7. The molecule has 5 heteroatoms. The first-order chi connectivity index (χ1) is 8.56. The Morgan fingerprint density at radius 3 is 2.50 bits per heavy atom. The van der Waals surface area contributed by atoms with E-state index >= 15 is 0 Å². The molecule has 0 fully saturated rings. The minimum Gasteiger partial charge on any atom is -0.508 e. The summed E-state index contributed by atoms with van der Waals surface area (Å²) >= 11 is 3.35. The summed E-state index contributed by atoms with van der Waals surface area (Å²) in [6.45, 7) is 1.94. The summed E-state index contributed by atoms with van der Waals surface area (Å²) in [5, 5.41) is 22.2. The molecule has 0 saturated carbocycles. The van der Waals surface area contributed by atoms with E-state index in [1.54, 1.807) is 18.3 Å². The minimum absolute atomic E-state index is 0.0453. The molecule has 0 spiro atoms. The number of hydrogen-bond acceptors (Lipinski definition) is 4. The van der Waals surface area contributed by atoms with Gasteiger partial charge in [-0.2, -0.15) is 0 Å². The molecular formula is C13H13BrN2O2. The van der Waals surface area contributed by atoms with Gasteiger partial charge in [0.05, 0.1) is 5.69 Å². The maximum Gasteiger partial charge on any atom is 0.129 e. The predicted molar refractivity (Wildman–Crippen MR) is 73.7 cm³/mol. The first-order valence-electron chi connectivity index (χ1n) is 5.46. The number of phenolic OH excluding ortho intramolecular Hbond substituents is 2. The van der Waals surface area contributed by atoms with Crippen molar-refractivity contribution in [2.75, 3.05) is 5.32 Å². The fourth-order valence-electron chi connectivity index (χ4n) is 1.68. The molecule has 0 bridgehead atoms. The van der Waals surface area contributed by atoms with Gasteiger partial charge in [0.15, 0.2) is 0 Å². The molecular weight excluding hydrogens is 296 g/mol. The molecule has 1 unspecified atom stereocenters. The average Bonchev–Trinajstić information content (AvgIpc) is 2.31. The highest BCUT2D eigenvalue weighted by molar-refractivity contribution is 9.10. The molecule has 0 amide bonds. The zero-order chi connectivity index (χ0) is 13.1. The van der Waals surface area contributed by atoms with E-state index in [0.717, 1.165) is 15.9 Å². The first-order valence-corrected chi connectivity index (χ1v) is 6.25. The Morgan fingerprint density at radius 1 is 1.22 bits per heavy atom. The number of rotatable bonds is 3. The van der Waals surface area contributed by atoms with Crippen molar-refractivity contribution in [3.63, 3.8) is 0 Å². The molecule has 4 nitrogen and oxygen atoms in total. The van der Waals surface area contributed by atoms with E-state index in [1.807, 2.05) is 19.1 Å². The Balaban J connectivity index is 2.22. The van der Waals surface area contributed by atoms with E-state index < -0.39 is 0 Å². The van der Waals surface area contributed by atoms with Crippen molar-refractivity contribution in [2.24, 2.45) is 0 Å². The van der Waals surface area contributed by atoms with Crippen LogP contribution in [0.25, 0.3) is 0 Å². The third-order valence-electron chi connectivity index (χ3n) is 2.56. The maximum atomic E-state index is 9.45. The molecule has 0 aliphatic carbocycles. The average molecular weight is 309 g/mol. The SMILES string of the molecule is CC(Nc1cccnc1Br)c1cc(O)cc(O)c1. The van der Waals surface area contributed by atoms with Gasteiger partial charge in [-0.3, -0.25) is 0 Å². The van der Waals surface area contributed by atoms with Crippen LogP contribution in [0.5, 0.6) is 11.5 Å². The molecule has 0 saturated heterocycles. The molecule has 2 aromatic rings. The second-order valence-electron chi connectivity index (χ2n) is 3.99. The van der Waals surface area contributed by atoms with Crippen LogP contribution in [0.3, 0.4) is 0 Å². The summed E-state index contributed by atoms with van der Waals surface area (Å²) in [5.41, 5.74) is 1.65. The van der Waals surface area contributed by atoms with Gasteiger partial charge in [0.1, 0.15) is 16.1 Å². The van der Waals surface area contributed by atoms with Crippen molar-refractivity contribution in [3.8, 4) is 11.5 Å². The van der Waals surface area contributed by atoms with Crippen LogP contribution >= 0.6 is 15.9 Å². The largest absolute Gasteiger partial charge is 0.508 e. The molecule has 0 aliphatic rings. The Labute approximate surface area is 113 Å². The lowest BCUT2D eigenvalue weighted by molar-refractivity contribution is 0.448. The van der Waals surface area contributed by atoms with Crippen LogP contribution in [0, 0.1) is 0 Å². The number of aromatic nitrogens is 1. The Kier molecular flexibility index (Phi) is 3.72. The van der Waals surface area contributed by atoms with Gasteiger partial charge < -0.3 is 15.5 Å². The fraction of sp³-hybridized carbons (Fsp3) is 0.154. The van der Waals surface area contributed by atoms with Gasteiger partial charge in [0, 0.05) is 18.3 Å². The Bertz CT molecular complexity index is 540. The molecule has 1 aromatic heterocycles. The molecule has 3 N–H and O–H groups in total. The van der Waals surface area contributed by atoms with Crippen LogP contribution in [0.4, 0.5) is 5.69 Å². The highest BCUT2D eigenvalue weighted by Crippen LogP contribution is 2.28. The maximum absolute atomic E-state index is 9.45. The molecule has 0 aliphatic heterocycles. The number of pyridine rings is 1. The fourth-order valence-corrected chi connectivity index (χ4v) is 2.04. The molecule has 18 heavy (non-hydrogen) atoms. The van der Waals surface area contributed by atoms with Crippen LogP contribution in [0.1, 0.15) is 18.5 Å². The van der Waals surface area contributed by atoms with Crippen LogP contribution in [-0.4, -0.2) is 15.2 Å². The Hall–Kier alpha value is -1.75. The highest BCUT2D eigenvalue weighted by Gasteiger charge is 2.09. The smallest absolute Gasteiger partial charge is 0.129 e. The number of hydrogen-bond donors (Lipinski definition) is 3. The van der Waals surface area contributed by atoms with Crippen LogP contribution in [0.2, 0.25) is 0 Å². The van der Waals surface area contributed by atoms with Crippen molar-refractivity contribution in [3.05, 3.63) is 46.7 Å². The molecule has 1 heterocycles. The van der Waals surface area contributed by atoms with Crippen LogP contribution < -0.4 is 5.32 Å². The number of halogens is 1. The summed E-state index contributed by atoms with van der Waals surface area (Å²) < 4.78 is 0.723. The highest BCUT2D eigenvalue weighted by atomic mass is 79.9. The lowest BCUT2D eigenvalue weighted by Crippen LogP contribution is -2.07. The molecule has 0 radical (unpaired) electrons.